The van der Waals surface area contributed by atoms with E-state index in [4.69, 9.17) is 0 Å². The lowest BCUT2D eigenvalue weighted by molar-refractivity contribution is 0.0698. The molecule has 1 aliphatic rings. The minimum absolute atomic E-state index is 0.341. The highest BCUT2D eigenvalue weighted by molar-refractivity contribution is 6.02. The van der Waals surface area contributed by atoms with Gasteiger partial charge in [0.25, 0.3) is 0 Å². The van der Waals surface area contributed by atoms with Crippen LogP contribution >= 0.6 is 0 Å². The second-order valence-corrected chi connectivity index (χ2v) is 5.69. The van der Waals surface area contributed by atoms with Crippen LogP contribution in [-0.4, -0.2) is 58.6 Å². The van der Waals surface area contributed by atoms with Gasteiger partial charge in [-0.15, -0.1) is 0 Å². The molecule has 1 aromatic carbocycles. The molecule has 116 valence electrons. The van der Waals surface area contributed by atoms with Crippen molar-refractivity contribution >= 4 is 16.9 Å². The van der Waals surface area contributed by atoms with E-state index in [-0.39, 0.29) is 0 Å². The number of likely N-dealkylation sites (N-methyl/N-ethyl adjacent to an activating group) is 1. The highest BCUT2D eigenvalue weighted by Gasteiger charge is 2.18. The summed E-state index contributed by atoms with van der Waals surface area (Å²) in [7, 11) is 0. The van der Waals surface area contributed by atoms with Crippen molar-refractivity contribution in [2.45, 2.75) is 13.5 Å². The van der Waals surface area contributed by atoms with Crippen molar-refractivity contribution < 1.29 is 9.90 Å². The number of hydrogen-bond donors (Lipinski definition) is 1. The number of pyridine rings is 1. The lowest BCUT2D eigenvalue weighted by Crippen LogP contribution is -2.45. The van der Waals surface area contributed by atoms with Gasteiger partial charge in [0.1, 0.15) is 0 Å². The Morgan fingerprint density at radius 2 is 1.86 bits per heavy atom. The summed E-state index contributed by atoms with van der Waals surface area (Å²) in [5.74, 6) is -0.893. The van der Waals surface area contributed by atoms with Gasteiger partial charge in [-0.2, -0.15) is 0 Å². The van der Waals surface area contributed by atoms with Gasteiger partial charge in [0, 0.05) is 38.1 Å². The molecular formula is C17H21N3O2. The van der Waals surface area contributed by atoms with Gasteiger partial charge < -0.3 is 10.0 Å². The average Bonchev–Trinajstić information content (AvgIpc) is 2.54. The SMILES string of the molecule is CCN1CCN(Cc2cc(C(=O)O)c3ccccc3n2)CC1. The molecule has 0 saturated carbocycles. The number of carboxylic acids is 1. The molecule has 2 aromatic rings. The molecule has 1 fully saturated rings. The number of aromatic nitrogens is 1. The number of nitrogens with zero attached hydrogens (tertiary/aromatic N) is 3. The van der Waals surface area contributed by atoms with Gasteiger partial charge in [-0.1, -0.05) is 25.1 Å². The Labute approximate surface area is 130 Å². The third-order valence-corrected chi connectivity index (χ3v) is 4.30. The minimum atomic E-state index is -0.893. The fourth-order valence-corrected chi connectivity index (χ4v) is 2.98. The predicted octanol–water partition coefficient (Wildman–Crippen LogP) is 2.07. The van der Waals surface area contributed by atoms with Crippen molar-refractivity contribution in [2.75, 3.05) is 32.7 Å². The van der Waals surface area contributed by atoms with Crippen LogP contribution in [-0.2, 0) is 6.54 Å². The van der Waals surface area contributed by atoms with Gasteiger partial charge in [0.05, 0.1) is 16.8 Å². The summed E-state index contributed by atoms with van der Waals surface area (Å²) in [6.07, 6.45) is 0. The smallest absolute Gasteiger partial charge is 0.336 e. The Hall–Kier alpha value is -1.98. The van der Waals surface area contributed by atoms with Crippen LogP contribution in [0.5, 0.6) is 0 Å². The van der Waals surface area contributed by atoms with Crippen LogP contribution in [0.2, 0.25) is 0 Å². The van der Waals surface area contributed by atoms with E-state index < -0.39 is 5.97 Å². The molecule has 2 heterocycles. The number of carbonyl (C=O) groups is 1. The summed E-state index contributed by atoms with van der Waals surface area (Å²) in [6.45, 7) is 8.12. The lowest BCUT2D eigenvalue weighted by atomic mass is 10.1. The highest BCUT2D eigenvalue weighted by Crippen LogP contribution is 2.19. The van der Waals surface area contributed by atoms with Crippen molar-refractivity contribution in [1.29, 1.82) is 0 Å². The molecule has 0 atom stereocenters. The third kappa shape index (κ3) is 3.10. The van der Waals surface area contributed by atoms with Crippen LogP contribution in [0.15, 0.2) is 30.3 Å². The molecule has 0 unspecified atom stereocenters. The van der Waals surface area contributed by atoms with Crippen molar-refractivity contribution in [3.63, 3.8) is 0 Å². The molecule has 1 aliphatic heterocycles. The van der Waals surface area contributed by atoms with Crippen molar-refractivity contribution in [3.8, 4) is 0 Å². The van der Waals surface area contributed by atoms with Gasteiger partial charge >= 0.3 is 5.97 Å². The normalized spacial score (nSPS) is 17.0. The molecule has 0 bridgehead atoms. The van der Waals surface area contributed by atoms with Crippen LogP contribution in [0.1, 0.15) is 23.0 Å². The maximum absolute atomic E-state index is 11.5. The van der Waals surface area contributed by atoms with E-state index >= 15 is 0 Å². The lowest BCUT2D eigenvalue weighted by Gasteiger charge is -2.33. The molecule has 3 rings (SSSR count). The Morgan fingerprint density at radius 1 is 1.18 bits per heavy atom. The maximum atomic E-state index is 11.5. The zero-order valence-corrected chi connectivity index (χ0v) is 12.8. The van der Waals surface area contributed by atoms with Crippen LogP contribution < -0.4 is 0 Å². The van der Waals surface area contributed by atoms with Crippen molar-refractivity contribution in [1.82, 2.24) is 14.8 Å². The van der Waals surface area contributed by atoms with Crippen LogP contribution in [0.25, 0.3) is 10.9 Å². The van der Waals surface area contributed by atoms with E-state index in [1.807, 2.05) is 24.3 Å². The number of carboxylic acid groups (broad SMARTS) is 1. The molecule has 0 spiro atoms. The predicted molar refractivity (Wildman–Crippen MR) is 86.1 cm³/mol. The van der Waals surface area contributed by atoms with Gasteiger partial charge in [0.2, 0.25) is 0 Å². The zero-order valence-electron chi connectivity index (χ0n) is 12.8. The Balaban J connectivity index is 1.84. The van der Waals surface area contributed by atoms with E-state index in [2.05, 4.69) is 21.7 Å². The first kappa shape index (κ1) is 14.9. The summed E-state index contributed by atoms with van der Waals surface area (Å²) in [5.41, 5.74) is 1.93. The minimum Gasteiger partial charge on any atom is -0.478 e. The molecule has 1 N–H and O–H groups in total. The first-order valence-electron chi connectivity index (χ1n) is 7.74. The zero-order chi connectivity index (χ0) is 15.5. The highest BCUT2D eigenvalue weighted by atomic mass is 16.4. The third-order valence-electron chi connectivity index (χ3n) is 4.30. The summed E-state index contributed by atoms with van der Waals surface area (Å²) in [6, 6.07) is 9.15. The molecule has 5 nitrogen and oxygen atoms in total. The number of rotatable bonds is 4. The summed E-state index contributed by atoms with van der Waals surface area (Å²) < 4.78 is 0. The molecule has 0 radical (unpaired) electrons. The van der Waals surface area contributed by atoms with E-state index in [1.165, 1.54) is 0 Å². The summed E-state index contributed by atoms with van der Waals surface area (Å²) >= 11 is 0. The topological polar surface area (TPSA) is 56.7 Å². The number of hydrogen-bond acceptors (Lipinski definition) is 4. The monoisotopic (exact) mass is 299 g/mol. The number of benzene rings is 1. The maximum Gasteiger partial charge on any atom is 0.336 e. The van der Waals surface area contributed by atoms with Gasteiger partial charge in [-0.05, 0) is 18.7 Å². The second kappa shape index (κ2) is 6.42. The first-order chi connectivity index (χ1) is 10.7. The number of para-hydroxylation sites is 1. The van der Waals surface area contributed by atoms with E-state index in [0.29, 0.717) is 17.5 Å². The number of fused-ring (bicyclic) bond motifs is 1. The van der Waals surface area contributed by atoms with Gasteiger partial charge in [0.15, 0.2) is 0 Å². The first-order valence-corrected chi connectivity index (χ1v) is 7.74. The van der Waals surface area contributed by atoms with Crippen LogP contribution in [0.4, 0.5) is 0 Å². The van der Waals surface area contributed by atoms with E-state index in [9.17, 15) is 9.90 Å². The van der Waals surface area contributed by atoms with E-state index in [1.54, 1.807) is 6.07 Å². The fourth-order valence-electron chi connectivity index (χ4n) is 2.98. The summed E-state index contributed by atoms with van der Waals surface area (Å²) in [5, 5.41) is 10.1. The van der Waals surface area contributed by atoms with Crippen molar-refractivity contribution in [2.24, 2.45) is 0 Å². The molecule has 0 amide bonds. The molecule has 22 heavy (non-hydrogen) atoms. The quantitative estimate of drug-likeness (QED) is 0.936. The Morgan fingerprint density at radius 3 is 2.55 bits per heavy atom. The Kier molecular flexibility index (Phi) is 4.36. The standard InChI is InChI=1S/C17H21N3O2/c1-2-19-7-9-20(10-8-19)12-13-11-15(17(21)22)14-5-3-4-6-16(14)18-13/h3-6,11H,2,7-10,12H2,1H3,(H,21,22). The molecule has 0 aliphatic carbocycles. The largest absolute Gasteiger partial charge is 0.478 e. The van der Waals surface area contributed by atoms with Crippen LogP contribution in [0.3, 0.4) is 0 Å². The van der Waals surface area contributed by atoms with Gasteiger partial charge in [-0.3, -0.25) is 9.88 Å². The molecule has 1 saturated heterocycles. The summed E-state index contributed by atoms with van der Waals surface area (Å²) in [4.78, 5) is 20.9. The molecule has 1 aromatic heterocycles. The van der Waals surface area contributed by atoms with Crippen LogP contribution in [0, 0.1) is 0 Å². The van der Waals surface area contributed by atoms with Gasteiger partial charge in [-0.25, -0.2) is 4.79 Å². The second-order valence-electron chi connectivity index (χ2n) is 5.69. The molecular weight excluding hydrogens is 278 g/mol. The number of aromatic carboxylic acids is 1. The Bertz CT molecular complexity index is 679. The molecule has 5 heteroatoms. The fraction of sp³-hybridized carbons (Fsp3) is 0.412. The van der Waals surface area contributed by atoms with E-state index in [0.717, 1.165) is 43.9 Å². The van der Waals surface area contributed by atoms with Crippen molar-refractivity contribution in [3.05, 3.63) is 41.6 Å². The number of piperazine rings is 1. The average molecular weight is 299 g/mol.